The fraction of sp³-hybridized carbons (Fsp3) is 0.364. The second-order valence-corrected chi connectivity index (χ2v) is 12.2. The number of likely N-dealkylation sites (tertiary alicyclic amines) is 1. The minimum Gasteiger partial charge on any atom is -0.508 e. The highest BCUT2D eigenvalue weighted by molar-refractivity contribution is 6.00. The maximum atomic E-state index is 13.7. The maximum absolute atomic E-state index is 13.7. The number of hydrogen-bond donors (Lipinski definition) is 2. The summed E-state index contributed by atoms with van der Waals surface area (Å²) >= 11 is 0. The molecule has 3 aliphatic rings. The number of hydrogen-bond acceptors (Lipinski definition) is 6. The lowest BCUT2D eigenvalue weighted by molar-refractivity contribution is 0.0700. The van der Waals surface area contributed by atoms with Gasteiger partial charge >= 0.3 is 0 Å². The zero-order chi connectivity index (χ0) is 28.7. The van der Waals surface area contributed by atoms with E-state index in [1.54, 1.807) is 19.2 Å². The van der Waals surface area contributed by atoms with Crippen LogP contribution in [-0.4, -0.2) is 60.8 Å². The Balaban J connectivity index is 1.25. The van der Waals surface area contributed by atoms with Gasteiger partial charge in [0, 0.05) is 48.7 Å². The van der Waals surface area contributed by atoms with E-state index in [-0.39, 0.29) is 23.7 Å². The smallest absolute Gasteiger partial charge is 0.254 e. The van der Waals surface area contributed by atoms with E-state index >= 15 is 0 Å². The predicted molar refractivity (Wildman–Crippen MR) is 161 cm³/mol. The first-order valence-corrected chi connectivity index (χ1v) is 14.8. The Morgan fingerprint density at radius 1 is 1.07 bits per heavy atom. The number of piperidine rings is 1. The van der Waals surface area contributed by atoms with Crippen molar-refractivity contribution < 1.29 is 14.6 Å². The van der Waals surface area contributed by atoms with E-state index < -0.39 is 0 Å². The zero-order valence-corrected chi connectivity index (χ0v) is 23.8. The standard InChI is InChI=1S/C33H34N6O3/c1-37-30-25(13-22(15-28(30)42-2)33(41)39-17-21-9-11-26(39)29(21)34)36-32(37)27-14-20-8-10-24(19-4-3-5-23(40)12-19)35-31(20)38(27)16-18-6-7-18/h3-5,8,10,12-15,18,21,26,29,40H,6-7,9,11,16-17,34H2,1-2H3/t21-,26-,29-/m1/s1. The summed E-state index contributed by atoms with van der Waals surface area (Å²) in [4.78, 5) is 25.8. The molecule has 2 aromatic carbocycles. The third-order valence-corrected chi connectivity index (χ3v) is 9.57. The first kappa shape index (κ1) is 25.3. The number of methoxy groups -OCH3 is 1. The number of nitrogens with two attached hydrogens (primary N) is 1. The Morgan fingerprint density at radius 3 is 2.64 bits per heavy atom. The summed E-state index contributed by atoms with van der Waals surface area (Å²) in [6.07, 6.45) is 4.47. The molecule has 3 fully saturated rings. The number of aromatic nitrogens is 4. The van der Waals surface area contributed by atoms with Crippen LogP contribution in [0.25, 0.3) is 44.8 Å². The molecule has 2 saturated carbocycles. The number of amides is 1. The molecule has 0 unspecified atom stereocenters. The van der Waals surface area contributed by atoms with Crippen LogP contribution in [-0.2, 0) is 13.6 Å². The molecule has 3 N–H and O–H groups in total. The van der Waals surface area contributed by atoms with Gasteiger partial charge in [-0.2, -0.15) is 0 Å². The van der Waals surface area contributed by atoms with E-state index in [1.165, 1.54) is 12.8 Å². The van der Waals surface area contributed by atoms with Crippen LogP contribution in [0.15, 0.2) is 54.6 Å². The summed E-state index contributed by atoms with van der Waals surface area (Å²) in [5.41, 5.74) is 12.1. The molecule has 0 radical (unpaired) electrons. The number of aryl methyl sites for hydroxylation is 1. The lowest BCUT2D eigenvalue weighted by atomic mass is 10.1. The molecule has 42 heavy (non-hydrogen) atoms. The van der Waals surface area contributed by atoms with Crippen LogP contribution < -0.4 is 10.5 Å². The van der Waals surface area contributed by atoms with Gasteiger partial charge in [0.2, 0.25) is 0 Å². The molecule has 8 rings (SSSR count). The molecule has 1 aliphatic heterocycles. The number of ether oxygens (including phenoxy) is 1. The first-order chi connectivity index (χ1) is 20.4. The van der Waals surface area contributed by atoms with Crippen LogP contribution in [0, 0.1) is 11.8 Å². The monoisotopic (exact) mass is 562 g/mol. The van der Waals surface area contributed by atoms with Crippen molar-refractivity contribution >= 4 is 28.0 Å². The minimum absolute atomic E-state index is 0.00317. The third kappa shape index (κ3) is 3.90. The Hall–Kier alpha value is -4.37. The fourth-order valence-corrected chi connectivity index (χ4v) is 7.15. The normalized spacial score (nSPS) is 21.6. The predicted octanol–water partition coefficient (Wildman–Crippen LogP) is 4.94. The molecular weight excluding hydrogens is 528 g/mol. The van der Waals surface area contributed by atoms with E-state index in [0.29, 0.717) is 23.1 Å². The summed E-state index contributed by atoms with van der Waals surface area (Å²) in [5.74, 6) is 2.64. The van der Waals surface area contributed by atoms with E-state index in [4.69, 9.17) is 20.4 Å². The number of carbonyl (C=O) groups excluding carboxylic acids is 1. The number of aromatic hydroxyl groups is 1. The molecule has 3 aromatic heterocycles. The van der Waals surface area contributed by atoms with Crippen LogP contribution in [0.3, 0.4) is 0 Å². The van der Waals surface area contributed by atoms with Crippen LogP contribution in [0.5, 0.6) is 11.5 Å². The molecule has 1 saturated heterocycles. The van der Waals surface area contributed by atoms with Crippen molar-refractivity contribution in [3.63, 3.8) is 0 Å². The highest BCUT2D eigenvalue weighted by atomic mass is 16.5. The van der Waals surface area contributed by atoms with Gasteiger partial charge in [-0.25, -0.2) is 9.97 Å². The van der Waals surface area contributed by atoms with Crippen molar-refractivity contribution in [2.45, 2.75) is 44.3 Å². The van der Waals surface area contributed by atoms with Gasteiger partial charge in [0.25, 0.3) is 5.91 Å². The third-order valence-electron chi connectivity index (χ3n) is 9.57. The Morgan fingerprint density at radius 2 is 1.93 bits per heavy atom. The minimum atomic E-state index is -0.00317. The Labute approximate surface area is 243 Å². The molecule has 1 amide bonds. The van der Waals surface area contributed by atoms with Crippen LogP contribution in [0.4, 0.5) is 0 Å². The van der Waals surface area contributed by atoms with E-state index in [9.17, 15) is 9.90 Å². The van der Waals surface area contributed by atoms with Gasteiger partial charge in [-0.15, -0.1) is 0 Å². The number of benzene rings is 2. The largest absolute Gasteiger partial charge is 0.508 e. The van der Waals surface area contributed by atoms with Crippen molar-refractivity contribution in [3.8, 4) is 34.3 Å². The summed E-state index contributed by atoms with van der Waals surface area (Å²) in [6.45, 7) is 1.58. The van der Waals surface area contributed by atoms with Gasteiger partial charge in [-0.1, -0.05) is 12.1 Å². The van der Waals surface area contributed by atoms with E-state index in [0.717, 1.165) is 70.8 Å². The van der Waals surface area contributed by atoms with Crippen molar-refractivity contribution in [1.82, 2.24) is 24.0 Å². The highest BCUT2D eigenvalue weighted by Crippen LogP contribution is 2.40. The van der Waals surface area contributed by atoms with Gasteiger partial charge in [0.1, 0.15) is 22.7 Å². The highest BCUT2D eigenvalue weighted by Gasteiger charge is 2.47. The lowest BCUT2D eigenvalue weighted by Gasteiger charge is -2.27. The number of fused-ring (bicyclic) bond motifs is 4. The molecule has 4 heterocycles. The second kappa shape index (κ2) is 9.32. The molecule has 9 nitrogen and oxygen atoms in total. The molecule has 214 valence electrons. The molecule has 3 atom stereocenters. The van der Waals surface area contributed by atoms with Crippen LogP contribution in [0.1, 0.15) is 36.0 Å². The summed E-state index contributed by atoms with van der Waals surface area (Å²) < 4.78 is 10.2. The van der Waals surface area contributed by atoms with Gasteiger partial charge in [-0.05, 0) is 80.0 Å². The Kier molecular flexibility index (Phi) is 5.63. The number of phenolic OH excluding ortho intramolecular Hbond substituents is 1. The van der Waals surface area contributed by atoms with E-state index in [2.05, 4.69) is 21.3 Å². The molecule has 5 aromatic rings. The van der Waals surface area contributed by atoms with Gasteiger partial charge in [0.15, 0.2) is 5.82 Å². The number of carbonyl (C=O) groups is 1. The summed E-state index contributed by atoms with van der Waals surface area (Å²) in [6, 6.07) is 17.3. The van der Waals surface area contributed by atoms with Crippen molar-refractivity contribution in [2.24, 2.45) is 24.6 Å². The van der Waals surface area contributed by atoms with Crippen molar-refractivity contribution in [2.75, 3.05) is 13.7 Å². The topological polar surface area (TPSA) is 111 Å². The van der Waals surface area contributed by atoms with Crippen molar-refractivity contribution in [1.29, 1.82) is 0 Å². The van der Waals surface area contributed by atoms with Gasteiger partial charge in [0.05, 0.1) is 24.0 Å². The molecule has 2 bridgehead atoms. The fourth-order valence-electron chi connectivity index (χ4n) is 7.15. The average Bonchev–Trinajstić information content (AvgIpc) is 3.40. The molecular formula is C33H34N6O3. The first-order valence-electron chi connectivity index (χ1n) is 14.8. The number of rotatable bonds is 6. The molecule has 9 heteroatoms. The SMILES string of the molecule is COc1cc(C(=O)N2C[C@H]3CC[C@@H]2[C@@H]3N)cc2nc(-c3cc4ccc(-c5cccc(O)c5)nc4n3CC3CC3)n(C)c12. The quantitative estimate of drug-likeness (QED) is 0.303. The molecule has 2 aliphatic carbocycles. The Bertz CT molecular complexity index is 1890. The van der Waals surface area contributed by atoms with Crippen LogP contribution >= 0.6 is 0 Å². The zero-order valence-electron chi connectivity index (χ0n) is 23.8. The molecule has 0 spiro atoms. The number of imidazole rings is 1. The van der Waals surface area contributed by atoms with Gasteiger partial charge in [-0.3, -0.25) is 4.79 Å². The number of nitrogens with zero attached hydrogens (tertiary/aromatic N) is 5. The number of phenols is 1. The average molecular weight is 563 g/mol. The summed E-state index contributed by atoms with van der Waals surface area (Å²) in [7, 11) is 3.64. The van der Waals surface area contributed by atoms with Crippen molar-refractivity contribution in [3.05, 3.63) is 60.2 Å². The van der Waals surface area contributed by atoms with E-state index in [1.807, 2.05) is 42.3 Å². The maximum Gasteiger partial charge on any atom is 0.254 e. The second-order valence-electron chi connectivity index (χ2n) is 12.2. The summed E-state index contributed by atoms with van der Waals surface area (Å²) in [5, 5.41) is 11.1. The lowest BCUT2D eigenvalue weighted by Crippen LogP contribution is -2.41. The van der Waals surface area contributed by atoms with Gasteiger partial charge < -0.3 is 29.6 Å². The van der Waals surface area contributed by atoms with Crippen LogP contribution in [0.2, 0.25) is 0 Å². The number of pyridine rings is 1.